The molecule has 0 fully saturated rings. The SMILES string of the molecule is O=C(Cn1cnc2cc(Cl)ccc2c1=O)c1ccc2ccccc2c1. The first-order valence-corrected chi connectivity index (χ1v) is 8.16. The van der Waals surface area contributed by atoms with E-state index in [4.69, 9.17) is 11.6 Å². The van der Waals surface area contributed by atoms with Gasteiger partial charge >= 0.3 is 0 Å². The normalized spacial score (nSPS) is 11.1. The average Bonchev–Trinajstić information content (AvgIpc) is 2.63. The Morgan fingerprint density at radius 2 is 1.80 bits per heavy atom. The van der Waals surface area contributed by atoms with Gasteiger partial charge in [-0.15, -0.1) is 0 Å². The fraction of sp³-hybridized carbons (Fsp3) is 0.0500. The maximum atomic E-state index is 12.6. The van der Waals surface area contributed by atoms with Crippen LogP contribution in [0.15, 0.2) is 71.8 Å². The van der Waals surface area contributed by atoms with Gasteiger partial charge in [0, 0.05) is 10.6 Å². The van der Waals surface area contributed by atoms with E-state index < -0.39 is 0 Å². The molecule has 5 heteroatoms. The zero-order chi connectivity index (χ0) is 17.4. The lowest BCUT2D eigenvalue weighted by Gasteiger charge is -2.07. The van der Waals surface area contributed by atoms with E-state index in [1.807, 2.05) is 36.4 Å². The number of hydrogen-bond donors (Lipinski definition) is 0. The minimum Gasteiger partial charge on any atom is -0.292 e. The summed E-state index contributed by atoms with van der Waals surface area (Å²) in [7, 11) is 0. The van der Waals surface area contributed by atoms with Crippen molar-refractivity contribution >= 4 is 39.1 Å². The fourth-order valence-electron chi connectivity index (χ4n) is 2.85. The third kappa shape index (κ3) is 2.92. The number of carbonyl (C=O) groups is 1. The molecular formula is C20H13ClN2O2. The van der Waals surface area contributed by atoms with Crippen molar-refractivity contribution in [2.75, 3.05) is 0 Å². The standard InChI is InChI=1S/C20H13ClN2O2/c21-16-7-8-17-18(10-16)22-12-23(20(17)25)11-19(24)15-6-5-13-3-1-2-4-14(13)9-15/h1-10,12H,11H2. The lowest BCUT2D eigenvalue weighted by molar-refractivity contribution is 0.0971. The maximum Gasteiger partial charge on any atom is 0.261 e. The highest BCUT2D eigenvalue weighted by Crippen LogP contribution is 2.17. The molecule has 0 atom stereocenters. The Morgan fingerprint density at radius 3 is 2.64 bits per heavy atom. The third-order valence-electron chi connectivity index (χ3n) is 4.17. The molecule has 0 aliphatic rings. The Bertz CT molecular complexity index is 1180. The number of ketones is 1. The number of halogens is 1. The van der Waals surface area contributed by atoms with Gasteiger partial charge in [-0.1, -0.05) is 48.0 Å². The van der Waals surface area contributed by atoms with Gasteiger partial charge in [-0.3, -0.25) is 14.2 Å². The van der Waals surface area contributed by atoms with Gasteiger partial charge in [0.2, 0.25) is 0 Å². The monoisotopic (exact) mass is 348 g/mol. The Kier molecular flexibility index (Phi) is 3.82. The summed E-state index contributed by atoms with van der Waals surface area (Å²) in [4.78, 5) is 29.4. The van der Waals surface area contributed by atoms with Crippen LogP contribution in [0, 0.1) is 0 Å². The zero-order valence-corrected chi connectivity index (χ0v) is 13.9. The van der Waals surface area contributed by atoms with Crippen molar-refractivity contribution in [1.82, 2.24) is 9.55 Å². The van der Waals surface area contributed by atoms with Crippen molar-refractivity contribution in [1.29, 1.82) is 0 Å². The number of carbonyl (C=O) groups excluding carboxylic acids is 1. The van der Waals surface area contributed by atoms with Gasteiger partial charge in [0.15, 0.2) is 5.78 Å². The molecule has 0 unspecified atom stereocenters. The molecule has 1 heterocycles. The molecule has 25 heavy (non-hydrogen) atoms. The van der Waals surface area contributed by atoms with E-state index in [1.165, 1.54) is 10.9 Å². The minimum atomic E-state index is -0.254. The van der Waals surface area contributed by atoms with Crippen molar-refractivity contribution in [2.24, 2.45) is 0 Å². The van der Waals surface area contributed by atoms with E-state index in [2.05, 4.69) is 4.98 Å². The van der Waals surface area contributed by atoms with Crippen LogP contribution in [0.5, 0.6) is 0 Å². The number of hydrogen-bond acceptors (Lipinski definition) is 3. The van der Waals surface area contributed by atoms with Crippen LogP contribution in [0.25, 0.3) is 21.7 Å². The molecule has 4 rings (SSSR count). The number of benzene rings is 3. The molecule has 0 radical (unpaired) electrons. The highest BCUT2D eigenvalue weighted by Gasteiger charge is 2.11. The molecule has 0 spiro atoms. The van der Waals surface area contributed by atoms with E-state index in [1.54, 1.807) is 24.3 Å². The van der Waals surface area contributed by atoms with Crippen molar-refractivity contribution in [2.45, 2.75) is 6.54 Å². The van der Waals surface area contributed by atoms with E-state index in [0.29, 0.717) is 21.5 Å². The molecule has 0 saturated heterocycles. The highest BCUT2D eigenvalue weighted by molar-refractivity contribution is 6.31. The van der Waals surface area contributed by atoms with Crippen LogP contribution in [0.3, 0.4) is 0 Å². The number of fused-ring (bicyclic) bond motifs is 2. The fourth-order valence-corrected chi connectivity index (χ4v) is 3.02. The van der Waals surface area contributed by atoms with Crippen LogP contribution in [-0.2, 0) is 6.54 Å². The second-order valence-corrected chi connectivity index (χ2v) is 6.26. The molecule has 1 aromatic heterocycles. The topological polar surface area (TPSA) is 52.0 Å². The van der Waals surface area contributed by atoms with E-state index in [9.17, 15) is 9.59 Å². The Morgan fingerprint density at radius 1 is 1.00 bits per heavy atom. The molecule has 0 N–H and O–H groups in total. The first-order valence-electron chi connectivity index (χ1n) is 7.78. The number of Topliss-reactive ketones (excluding diaryl/α,β-unsaturated/α-hetero) is 1. The minimum absolute atomic E-state index is 0.0528. The van der Waals surface area contributed by atoms with E-state index >= 15 is 0 Å². The Balaban J connectivity index is 1.70. The number of aromatic nitrogens is 2. The van der Waals surface area contributed by atoms with Gasteiger partial charge in [-0.2, -0.15) is 0 Å². The lowest BCUT2D eigenvalue weighted by atomic mass is 10.0. The third-order valence-corrected chi connectivity index (χ3v) is 4.41. The first kappa shape index (κ1) is 15.5. The summed E-state index contributed by atoms with van der Waals surface area (Å²) in [6.45, 7) is -0.0528. The second kappa shape index (κ2) is 6.15. The van der Waals surface area contributed by atoms with Crippen LogP contribution < -0.4 is 5.56 Å². The van der Waals surface area contributed by atoms with Crippen molar-refractivity contribution < 1.29 is 4.79 Å². The largest absolute Gasteiger partial charge is 0.292 e. The zero-order valence-electron chi connectivity index (χ0n) is 13.1. The molecule has 4 aromatic rings. The summed E-state index contributed by atoms with van der Waals surface area (Å²) in [6, 6.07) is 18.3. The van der Waals surface area contributed by atoms with Crippen LogP contribution in [0.2, 0.25) is 5.02 Å². The van der Waals surface area contributed by atoms with Crippen molar-refractivity contribution in [3.8, 4) is 0 Å². The molecule has 0 aliphatic carbocycles. The van der Waals surface area contributed by atoms with Crippen molar-refractivity contribution in [3.05, 3.63) is 87.9 Å². The first-order chi connectivity index (χ1) is 12.1. The molecule has 0 amide bonds. The summed E-state index contributed by atoms with van der Waals surface area (Å²) in [5.41, 5.74) is 0.838. The van der Waals surface area contributed by atoms with E-state index in [-0.39, 0.29) is 17.9 Å². The number of rotatable bonds is 3. The molecule has 0 bridgehead atoms. The predicted molar refractivity (Wildman–Crippen MR) is 99.3 cm³/mol. The molecular weight excluding hydrogens is 336 g/mol. The molecule has 4 nitrogen and oxygen atoms in total. The molecule has 122 valence electrons. The lowest BCUT2D eigenvalue weighted by Crippen LogP contribution is -2.24. The van der Waals surface area contributed by atoms with Crippen LogP contribution >= 0.6 is 11.6 Å². The summed E-state index contributed by atoms with van der Waals surface area (Å²) in [5.74, 6) is -0.136. The van der Waals surface area contributed by atoms with Crippen LogP contribution in [-0.4, -0.2) is 15.3 Å². The number of nitrogens with zero attached hydrogens (tertiary/aromatic N) is 2. The van der Waals surface area contributed by atoms with Crippen molar-refractivity contribution in [3.63, 3.8) is 0 Å². The van der Waals surface area contributed by atoms with Gasteiger partial charge < -0.3 is 0 Å². The Hall–Kier alpha value is -2.98. The predicted octanol–water partition coefficient (Wildman–Crippen LogP) is 4.09. The quantitative estimate of drug-likeness (QED) is 0.524. The van der Waals surface area contributed by atoms with Crippen LogP contribution in [0.4, 0.5) is 0 Å². The van der Waals surface area contributed by atoms with Gasteiger partial charge in [0.1, 0.15) is 0 Å². The Labute approximate surface area is 148 Å². The van der Waals surface area contributed by atoms with Gasteiger partial charge in [0.05, 0.1) is 23.8 Å². The van der Waals surface area contributed by atoms with Gasteiger partial charge in [0.25, 0.3) is 5.56 Å². The summed E-state index contributed by atoms with van der Waals surface area (Å²) in [5, 5.41) is 3.02. The maximum absolute atomic E-state index is 12.6. The van der Waals surface area contributed by atoms with Crippen LogP contribution in [0.1, 0.15) is 10.4 Å². The van der Waals surface area contributed by atoms with E-state index in [0.717, 1.165) is 10.8 Å². The summed E-state index contributed by atoms with van der Waals surface area (Å²) in [6.07, 6.45) is 1.39. The second-order valence-electron chi connectivity index (χ2n) is 5.82. The van der Waals surface area contributed by atoms with Gasteiger partial charge in [-0.25, -0.2) is 4.98 Å². The summed E-state index contributed by atoms with van der Waals surface area (Å²) >= 11 is 5.92. The average molecular weight is 349 g/mol. The molecule has 0 aliphatic heterocycles. The highest BCUT2D eigenvalue weighted by atomic mass is 35.5. The van der Waals surface area contributed by atoms with Gasteiger partial charge in [-0.05, 0) is 35.0 Å². The molecule has 3 aromatic carbocycles. The summed E-state index contributed by atoms with van der Waals surface area (Å²) < 4.78 is 1.33. The molecule has 0 saturated carbocycles. The smallest absolute Gasteiger partial charge is 0.261 e.